The molecule has 0 aromatic rings. The summed E-state index contributed by atoms with van der Waals surface area (Å²) in [6.07, 6.45) is 7.17. The maximum atomic E-state index is 6.08. The molecule has 0 aliphatic heterocycles. The van der Waals surface area contributed by atoms with Gasteiger partial charge in [-0.15, -0.1) is 0 Å². The van der Waals surface area contributed by atoms with Crippen LogP contribution in [0.15, 0.2) is 0 Å². The van der Waals surface area contributed by atoms with Crippen molar-refractivity contribution in [2.45, 2.75) is 64.2 Å². The zero-order chi connectivity index (χ0) is 13.0. The molecule has 2 saturated carbocycles. The van der Waals surface area contributed by atoms with E-state index in [9.17, 15) is 0 Å². The summed E-state index contributed by atoms with van der Waals surface area (Å²) in [6.45, 7) is 6.46. The van der Waals surface area contributed by atoms with E-state index in [2.05, 4.69) is 19.2 Å². The molecule has 0 aromatic heterocycles. The Bertz CT molecular complexity index is 247. The third kappa shape index (κ3) is 3.46. The molecule has 1 N–H and O–H groups in total. The second-order valence-electron chi connectivity index (χ2n) is 6.11. The van der Waals surface area contributed by atoms with Gasteiger partial charge in [-0.05, 0) is 37.6 Å². The number of hydrogen-bond donors (Lipinski definition) is 1. The van der Waals surface area contributed by atoms with Crippen molar-refractivity contribution in [1.82, 2.24) is 5.32 Å². The fourth-order valence-electron chi connectivity index (χ4n) is 3.49. The van der Waals surface area contributed by atoms with Gasteiger partial charge in [0.15, 0.2) is 0 Å². The lowest BCUT2D eigenvalue weighted by atomic mass is 9.82. The normalized spacial score (nSPS) is 40.5. The van der Waals surface area contributed by atoms with Crippen LogP contribution in [0.5, 0.6) is 0 Å². The van der Waals surface area contributed by atoms with Crippen LogP contribution in [-0.2, 0) is 9.47 Å². The second-order valence-corrected chi connectivity index (χ2v) is 6.11. The number of rotatable bonds is 6. The lowest BCUT2D eigenvalue weighted by Crippen LogP contribution is -2.60. The standard InChI is InChI=1S/C15H29NO2/c1-4-16-13-9-14(15(13)17-3)18-10-12-7-5-6-11(2)8-12/h11-16H,4-10H2,1-3H3. The predicted octanol–water partition coefficient (Wildman–Crippen LogP) is 2.59. The Balaban J connectivity index is 1.67. The number of likely N-dealkylation sites (N-methyl/N-ethyl adjacent to an activating group) is 1. The molecule has 0 aromatic carbocycles. The van der Waals surface area contributed by atoms with Crippen LogP contribution in [0.4, 0.5) is 0 Å². The Morgan fingerprint density at radius 3 is 2.72 bits per heavy atom. The molecule has 0 saturated heterocycles. The second kappa shape index (κ2) is 6.88. The highest BCUT2D eigenvalue weighted by molar-refractivity contribution is 4.97. The average molecular weight is 255 g/mol. The van der Waals surface area contributed by atoms with Gasteiger partial charge in [-0.25, -0.2) is 0 Å². The molecule has 2 aliphatic rings. The Hall–Kier alpha value is -0.120. The maximum Gasteiger partial charge on any atom is 0.0986 e. The first-order valence-electron chi connectivity index (χ1n) is 7.62. The van der Waals surface area contributed by atoms with Crippen LogP contribution in [0.1, 0.15) is 46.0 Å². The molecule has 3 heteroatoms. The molecule has 2 rings (SSSR count). The minimum atomic E-state index is 0.256. The lowest BCUT2D eigenvalue weighted by Gasteiger charge is -2.44. The van der Waals surface area contributed by atoms with Crippen molar-refractivity contribution in [3.63, 3.8) is 0 Å². The summed E-state index contributed by atoms with van der Waals surface area (Å²) >= 11 is 0. The smallest absolute Gasteiger partial charge is 0.0986 e. The highest BCUT2D eigenvalue weighted by Crippen LogP contribution is 2.32. The molecule has 3 nitrogen and oxygen atoms in total. The summed E-state index contributed by atoms with van der Waals surface area (Å²) in [5, 5.41) is 3.45. The molecular weight excluding hydrogens is 226 g/mol. The van der Waals surface area contributed by atoms with Crippen LogP contribution < -0.4 is 5.32 Å². The third-order valence-corrected chi connectivity index (χ3v) is 4.58. The summed E-state index contributed by atoms with van der Waals surface area (Å²) in [5.41, 5.74) is 0. The largest absolute Gasteiger partial charge is 0.377 e. The van der Waals surface area contributed by atoms with E-state index in [-0.39, 0.29) is 6.10 Å². The number of ether oxygens (including phenoxy) is 2. The van der Waals surface area contributed by atoms with Crippen molar-refractivity contribution in [3.8, 4) is 0 Å². The van der Waals surface area contributed by atoms with Crippen molar-refractivity contribution >= 4 is 0 Å². The van der Waals surface area contributed by atoms with Crippen molar-refractivity contribution in [3.05, 3.63) is 0 Å². The van der Waals surface area contributed by atoms with Gasteiger partial charge in [0.2, 0.25) is 0 Å². The highest BCUT2D eigenvalue weighted by Gasteiger charge is 2.42. The molecule has 5 unspecified atom stereocenters. The predicted molar refractivity (Wildman–Crippen MR) is 73.7 cm³/mol. The zero-order valence-electron chi connectivity index (χ0n) is 12.2. The lowest BCUT2D eigenvalue weighted by molar-refractivity contribution is -0.141. The summed E-state index contributed by atoms with van der Waals surface area (Å²) in [4.78, 5) is 0. The molecule has 0 bridgehead atoms. The quantitative estimate of drug-likeness (QED) is 0.791. The maximum absolute atomic E-state index is 6.08. The first-order chi connectivity index (χ1) is 8.74. The average Bonchev–Trinajstić information content (AvgIpc) is 2.33. The van der Waals surface area contributed by atoms with Crippen molar-refractivity contribution in [1.29, 1.82) is 0 Å². The van der Waals surface area contributed by atoms with E-state index >= 15 is 0 Å². The Morgan fingerprint density at radius 1 is 1.22 bits per heavy atom. The Labute approximate surface area is 112 Å². The molecule has 0 amide bonds. The minimum Gasteiger partial charge on any atom is -0.377 e. The van der Waals surface area contributed by atoms with E-state index < -0.39 is 0 Å². The van der Waals surface area contributed by atoms with Crippen LogP contribution >= 0.6 is 0 Å². The van der Waals surface area contributed by atoms with E-state index in [4.69, 9.17) is 9.47 Å². The van der Waals surface area contributed by atoms with E-state index in [1.807, 2.05) is 0 Å². The van der Waals surface area contributed by atoms with Gasteiger partial charge in [0, 0.05) is 19.8 Å². The topological polar surface area (TPSA) is 30.5 Å². The van der Waals surface area contributed by atoms with Crippen molar-refractivity contribution in [2.24, 2.45) is 11.8 Å². The summed E-state index contributed by atoms with van der Waals surface area (Å²) in [6, 6.07) is 0.496. The monoisotopic (exact) mass is 255 g/mol. The van der Waals surface area contributed by atoms with Crippen molar-refractivity contribution in [2.75, 3.05) is 20.3 Å². The molecule has 106 valence electrons. The van der Waals surface area contributed by atoms with Gasteiger partial charge >= 0.3 is 0 Å². The van der Waals surface area contributed by atoms with E-state index in [1.54, 1.807) is 7.11 Å². The van der Waals surface area contributed by atoms with E-state index in [0.717, 1.165) is 31.4 Å². The molecule has 5 atom stereocenters. The zero-order valence-corrected chi connectivity index (χ0v) is 12.2. The van der Waals surface area contributed by atoms with Crippen molar-refractivity contribution < 1.29 is 9.47 Å². The van der Waals surface area contributed by atoms with E-state index in [0.29, 0.717) is 12.1 Å². The summed E-state index contributed by atoms with van der Waals surface area (Å²) < 4.78 is 11.6. The molecule has 0 spiro atoms. The molecule has 2 fully saturated rings. The third-order valence-electron chi connectivity index (χ3n) is 4.58. The van der Waals surface area contributed by atoms with Crippen LogP contribution in [-0.4, -0.2) is 38.5 Å². The van der Waals surface area contributed by atoms with Gasteiger partial charge in [0.25, 0.3) is 0 Å². The molecule has 0 radical (unpaired) electrons. The van der Waals surface area contributed by atoms with E-state index in [1.165, 1.54) is 25.7 Å². The molecular formula is C15H29NO2. The first-order valence-corrected chi connectivity index (χ1v) is 7.62. The van der Waals surface area contributed by atoms with Crippen LogP contribution in [0.25, 0.3) is 0 Å². The minimum absolute atomic E-state index is 0.256. The first kappa shape index (κ1) is 14.3. The van der Waals surface area contributed by atoms with Gasteiger partial charge in [0.05, 0.1) is 12.2 Å². The van der Waals surface area contributed by atoms with Crippen LogP contribution in [0.3, 0.4) is 0 Å². The number of methoxy groups -OCH3 is 1. The molecule has 2 aliphatic carbocycles. The van der Waals surface area contributed by atoms with Crippen LogP contribution in [0.2, 0.25) is 0 Å². The van der Waals surface area contributed by atoms with Gasteiger partial charge < -0.3 is 14.8 Å². The van der Waals surface area contributed by atoms with Gasteiger partial charge in [-0.2, -0.15) is 0 Å². The Kier molecular flexibility index (Phi) is 5.46. The number of nitrogens with one attached hydrogen (secondary N) is 1. The van der Waals surface area contributed by atoms with Crippen LogP contribution in [0, 0.1) is 11.8 Å². The number of hydrogen-bond acceptors (Lipinski definition) is 3. The van der Waals surface area contributed by atoms with Gasteiger partial charge in [0.1, 0.15) is 0 Å². The summed E-state index contributed by atoms with van der Waals surface area (Å²) in [5.74, 6) is 1.67. The molecule has 18 heavy (non-hydrogen) atoms. The fraction of sp³-hybridized carbons (Fsp3) is 1.00. The van der Waals surface area contributed by atoms with Gasteiger partial charge in [-0.1, -0.05) is 26.7 Å². The highest BCUT2D eigenvalue weighted by atomic mass is 16.5. The molecule has 0 heterocycles. The fourth-order valence-corrected chi connectivity index (χ4v) is 3.49. The van der Waals surface area contributed by atoms with Gasteiger partial charge in [-0.3, -0.25) is 0 Å². The SMILES string of the molecule is CCNC1CC(OCC2CCCC(C)C2)C1OC. The summed E-state index contributed by atoms with van der Waals surface area (Å²) in [7, 11) is 1.80. The Morgan fingerprint density at radius 2 is 2.06 bits per heavy atom.